The van der Waals surface area contributed by atoms with Crippen LogP contribution in [-0.4, -0.2) is 53.9 Å². The number of nitrogens with one attached hydrogen (secondary N) is 1. The van der Waals surface area contributed by atoms with Crippen LogP contribution in [0.5, 0.6) is 5.75 Å². The highest BCUT2D eigenvalue weighted by Crippen LogP contribution is 2.27. The molecule has 6 heteroatoms. The molecule has 1 heterocycles. The Bertz CT molecular complexity index is 1090. The zero-order valence-corrected chi connectivity index (χ0v) is 18.1. The summed E-state index contributed by atoms with van der Waals surface area (Å²) >= 11 is 0. The monoisotopic (exact) mass is 429 g/mol. The van der Waals surface area contributed by atoms with Gasteiger partial charge in [0, 0.05) is 37.3 Å². The van der Waals surface area contributed by atoms with E-state index < -0.39 is 0 Å². The quantitative estimate of drug-likeness (QED) is 0.584. The van der Waals surface area contributed by atoms with Crippen molar-refractivity contribution in [2.75, 3.05) is 36.4 Å². The molecule has 2 N–H and O–H groups in total. The number of piperazine rings is 1. The number of phenols is 1. The first-order valence-electron chi connectivity index (χ1n) is 10.8. The molecule has 3 aromatic carbocycles. The third-order valence-electron chi connectivity index (χ3n) is 5.93. The maximum Gasteiger partial charge on any atom is 0.241 e. The Morgan fingerprint density at radius 1 is 0.844 bits per heavy atom. The van der Waals surface area contributed by atoms with E-state index >= 15 is 0 Å². The third kappa shape index (κ3) is 4.65. The van der Waals surface area contributed by atoms with Crippen molar-refractivity contribution in [2.45, 2.75) is 13.0 Å². The number of aromatic hydroxyl groups is 1. The number of amides is 1. The van der Waals surface area contributed by atoms with Gasteiger partial charge in [0.1, 0.15) is 5.75 Å². The summed E-state index contributed by atoms with van der Waals surface area (Å²) in [5.41, 5.74) is 2.40. The van der Waals surface area contributed by atoms with E-state index in [1.165, 1.54) is 0 Å². The van der Waals surface area contributed by atoms with Crippen molar-refractivity contribution in [1.82, 2.24) is 4.90 Å². The summed E-state index contributed by atoms with van der Waals surface area (Å²) < 4.78 is 0. The Hall–Kier alpha value is -3.64. The second-order valence-electron chi connectivity index (χ2n) is 7.92. The number of ketones is 1. The number of carbonyl (C=O) groups is 2. The largest absolute Gasteiger partial charge is 0.506 e. The van der Waals surface area contributed by atoms with Crippen LogP contribution < -0.4 is 10.2 Å². The van der Waals surface area contributed by atoms with Crippen LogP contribution in [0.1, 0.15) is 22.8 Å². The fourth-order valence-corrected chi connectivity index (χ4v) is 4.02. The van der Waals surface area contributed by atoms with Crippen molar-refractivity contribution in [2.24, 2.45) is 0 Å². The van der Waals surface area contributed by atoms with Gasteiger partial charge >= 0.3 is 0 Å². The Morgan fingerprint density at radius 3 is 2.19 bits per heavy atom. The first kappa shape index (κ1) is 21.6. The molecule has 4 rings (SSSR count). The lowest BCUT2D eigenvalue weighted by Crippen LogP contribution is -2.52. The molecule has 6 nitrogen and oxygen atoms in total. The molecule has 0 aliphatic carbocycles. The number of anilines is 2. The molecule has 1 fully saturated rings. The summed E-state index contributed by atoms with van der Waals surface area (Å²) in [5.74, 6) is 0.00573. The molecular formula is C26H27N3O3. The molecule has 0 bridgehead atoms. The number of benzene rings is 3. The Labute approximate surface area is 188 Å². The van der Waals surface area contributed by atoms with Crippen LogP contribution >= 0.6 is 0 Å². The van der Waals surface area contributed by atoms with E-state index in [1.807, 2.05) is 49.4 Å². The minimum Gasteiger partial charge on any atom is -0.506 e. The number of rotatable bonds is 6. The highest BCUT2D eigenvalue weighted by molar-refractivity contribution is 6.14. The summed E-state index contributed by atoms with van der Waals surface area (Å²) in [7, 11) is 0. The molecule has 32 heavy (non-hydrogen) atoms. The van der Waals surface area contributed by atoms with E-state index in [1.54, 1.807) is 36.4 Å². The molecule has 1 aliphatic rings. The number of hydrogen-bond donors (Lipinski definition) is 2. The second-order valence-corrected chi connectivity index (χ2v) is 7.92. The summed E-state index contributed by atoms with van der Waals surface area (Å²) in [6.45, 7) is 4.73. The van der Waals surface area contributed by atoms with E-state index in [4.69, 9.17) is 0 Å². The molecule has 1 amide bonds. The maximum atomic E-state index is 13.0. The highest BCUT2D eigenvalue weighted by atomic mass is 16.3. The SMILES string of the molecule is CC(C(=O)Nc1ccccc1C(=O)c1ccccc1)N1CCN(c2ccccc2O)CC1. The van der Waals surface area contributed by atoms with Gasteiger partial charge in [-0.1, -0.05) is 54.6 Å². The van der Waals surface area contributed by atoms with Crippen molar-refractivity contribution < 1.29 is 14.7 Å². The number of hydrogen-bond acceptors (Lipinski definition) is 5. The molecule has 1 aliphatic heterocycles. The Balaban J connectivity index is 1.41. The smallest absolute Gasteiger partial charge is 0.241 e. The molecule has 0 spiro atoms. The van der Waals surface area contributed by atoms with Crippen molar-refractivity contribution in [3.05, 3.63) is 90.0 Å². The zero-order valence-electron chi connectivity index (χ0n) is 18.1. The van der Waals surface area contributed by atoms with Gasteiger partial charge in [-0.25, -0.2) is 0 Å². The van der Waals surface area contributed by atoms with Crippen LogP contribution in [0.2, 0.25) is 0 Å². The van der Waals surface area contributed by atoms with Crippen LogP contribution in [0.4, 0.5) is 11.4 Å². The number of phenolic OH excluding ortho intramolecular Hbond substituents is 1. The van der Waals surface area contributed by atoms with E-state index in [9.17, 15) is 14.7 Å². The van der Waals surface area contributed by atoms with Crippen LogP contribution in [-0.2, 0) is 4.79 Å². The zero-order chi connectivity index (χ0) is 22.5. The van der Waals surface area contributed by atoms with Gasteiger partial charge < -0.3 is 15.3 Å². The van der Waals surface area contributed by atoms with Gasteiger partial charge in [-0.2, -0.15) is 0 Å². The minimum absolute atomic E-state index is 0.120. The van der Waals surface area contributed by atoms with Gasteiger partial charge in [-0.3, -0.25) is 14.5 Å². The van der Waals surface area contributed by atoms with Gasteiger partial charge in [0.05, 0.1) is 17.4 Å². The van der Waals surface area contributed by atoms with Gasteiger partial charge in [-0.15, -0.1) is 0 Å². The second kappa shape index (κ2) is 9.66. The summed E-state index contributed by atoms with van der Waals surface area (Å²) in [4.78, 5) is 30.2. The Kier molecular flexibility index (Phi) is 6.52. The number of nitrogens with zero attached hydrogens (tertiary/aromatic N) is 2. The minimum atomic E-state index is -0.346. The van der Waals surface area contributed by atoms with Crippen LogP contribution in [0.25, 0.3) is 0 Å². The molecule has 3 aromatic rings. The topological polar surface area (TPSA) is 72.9 Å². The standard InChI is InChI=1S/C26H27N3O3/c1-19(28-15-17-29(18-16-28)23-13-7-8-14-24(23)30)26(32)27-22-12-6-5-11-21(22)25(31)20-9-3-2-4-10-20/h2-14,19,30H,15-18H2,1H3,(H,27,32). The summed E-state index contributed by atoms with van der Waals surface area (Å²) in [6.07, 6.45) is 0. The lowest BCUT2D eigenvalue weighted by Gasteiger charge is -2.38. The fraction of sp³-hybridized carbons (Fsp3) is 0.231. The lowest BCUT2D eigenvalue weighted by atomic mass is 10.0. The van der Waals surface area contributed by atoms with E-state index in [2.05, 4.69) is 15.1 Å². The van der Waals surface area contributed by atoms with E-state index in [-0.39, 0.29) is 23.5 Å². The van der Waals surface area contributed by atoms with E-state index in [0.29, 0.717) is 29.9 Å². The normalized spacial score (nSPS) is 15.2. The molecule has 0 saturated carbocycles. The fourth-order valence-electron chi connectivity index (χ4n) is 4.02. The molecule has 1 atom stereocenters. The first-order chi connectivity index (χ1) is 15.5. The Morgan fingerprint density at radius 2 is 1.47 bits per heavy atom. The molecule has 164 valence electrons. The van der Waals surface area contributed by atoms with Crippen LogP contribution in [0.15, 0.2) is 78.9 Å². The van der Waals surface area contributed by atoms with Crippen molar-refractivity contribution >= 4 is 23.1 Å². The average Bonchev–Trinajstić information content (AvgIpc) is 2.84. The first-order valence-corrected chi connectivity index (χ1v) is 10.8. The van der Waals surface area contributed by atoms with E-state index in [0.717, 1.165) is 18.8 Å². The van der Waals surface area contributed by atoms with Crippen molar-refractivity contribution in [3.8, 4) is 5.75 Å². The van der Waals surface area contributed by atoms with Crippen molar-refractivity contribution in [1.29, 1.82) is 0 Å². The van der Waals surface area contributed by atoms with Gasteiger partial charge in [0.15, 0.2) is 5.78 Å². The molecular weight excluding hydrogens is 402 g/mol. The molecule has 1 unspecified atom stereocenters. The lowest BCUT2D eigenvalue weighted by molar-refractivity contribution is -0.120. The van der Waals surface area contributed by atoms with Gasteiger partial charge in [-0.05, 0) is 31.2 Å². The third-order valence-corrected chi connectivity index (χ3v) is 5.93. The number of carbonyl (C=O) groups excluding carboxylic acids is 2. The summed E-state index contributed by atoms with van der Waals surface area (Å²) in [6, 6.07) is 23.1. The molecule has 1 saturated heterocycles. The van der Waals surface area contributed by atoms with Crippen molar-refractivity contribution in [3.63, 3.8) is 0 Å². The summed E-state index contributed by atoms with van der Waals surface area (Å²) in [5, 5.41) is 13.1. The molecule has 0 aromatic heterocycles. The van der Waals surface area contributed by atoms with Crippen LogP contribution in [0.3, 0.4) is 0 Å². The number of para-hydroxylation sites is 3. The van der Waals surface area contributed by atoms with Gasteiger partial charge in [0.25, 0.3) is 0 Å². The maximum absolute atomic E-state index is 13.0. The van der Waals surface area contributed by atoms with Crippen LogP contribution in [0, 0.1) is 0 Å². The predicted octanol–water partition coefficient (Wildman–Crippen LogP) is 3.77. The average molecular weight is 430 g/mol. The highest BCUT2D eigenvalue weighted by Gasteiger charge is 2.27. The van der Waals surface area contributed by atoms with Gasteiger partial charge in [0.2, 0.25) is 5.91 Å². The molecule has 0 radical (unpaired) electrons. The predicted molar refractivity (Wildman–Crippen MR) is 126 cm³/mol.